The Labute approximate surface area is 107 Å². The van der Waals surface area contributed by atoms with E-state index in [0.717, 1.165) is 0 Å². The van der Waals surface area contributed by atoms with Gasteiger partial charge in [-0.15, -0.1) is 0 Å². The van der Waals surface area contributed by atoms with Crippen molar-refractivity contribution >= 4 is 0 Å². The van der Waals surface area contributed by atoms with Crippen LogP contribution in [0, 0.1) is 86.4 Å². The van der Waals surface area contributed by atoms with Gasteiger partial charge in [0.15, 0.2) is 0 Å². The number of rotatable bonds is 0. The van der Waals surface area contributed by atoms with Crippen molar-refractivity contribution < 1.29 is 61.1 Å². The topological polar surface area (TPSA) is 230 Å². The van der Waals surface area contributed by atoms with Crippen molar-refractivity contribution in [1.82, 2.24) is 0 Å². The molecule has 0 aromatic rings. The summed E-state index contributed by atoms with van der Waals surface area (Å²) in [6, 6.07) is 0. The molecule has 1 radical (unpaired) electrons. The van der Waals surface area contributed by atoms with Crippen LogP contribution in [0.25, 0.3) is 0 Å². The van der Waals surface area contributed by atoms with Crippen molar-refractivity contribution in [3.8, 4) is 0 Å². The largest absolute Gasteiger partial charge is 3.00 e. The molecule has 83 valence electrons. The normalized spacial score (nSPS) is 5.14. The van der Waals surface area contributed by atoms with Crippen LogP contribution in [0.15, 0.2) is 0 Å². The van der Waals surface area contributed by atoms with Crippen molar-refractivity contribution in [1.29, 1.82) is 0 Å². The third-order valence-electron chi connectivity index (χ3n) is 0. The van der Waals surface area contributed by atoms with Crippen molar-refractivity contribution in [3.05, 3.63) is 46.0 Å². The minimum atomic E-state index is -1.75. The molecule has 0 aliphatic rings. The second-order valence-electron chi connectivity index (χ2n) is 0.671. The standard InChI is InChI=1S/3NO3.H2O.Sm/c3*2-1(3)4;;/h;;;1H2;/q3*-1;;+3. The molecule has 0 unspecified atom stereocenters. The van der Waals surface area contributed by atoms with Gasteiger partial charge in [-0.3, -0.25) is 0 Å². The van der Waals surface area contributed by atoms with Gasteiger partial charge in [-0.05, 0) is 0 Å². The van der Waals surface area contributed by atoms with Gasteiger partial charge in [0.1, 0.15) is 0 Å². The van der Waals surface area contributed by atoms with Crippen LogP contribution < -0.4 is 0 Å². The summed E-state index contributed by atoms with van der Waals surface area (Å²) in [7, 11) is 0. The van der Waals surface area contributed by atoms with Crippen LogP contribution in [0.5, 0.6) is 0 Å². The first-order valence-corrected chi connectivity index (χ1v) is 1.64. The average Bonchev–Trinajstić information content (AvgIpc) is 1.54. The smallest absolute Gasteiger partial charge is 0.412 e. The van der Waals surface area contributed by atoms with Gasteiger partial charge < -0.3 is 51.4 Å². The predicted molar refractivity (Wildman–Crippen MR) is 34.7 cm³/mol. The fourth-order valence-electron chi connectivity index (χ4n) is 0. The first kappa shape index (κ1) is 29.3. The third kappa shape index (κ3) is 879. The summed E-state index contributed by atoms with van der Waals surface area (Å²) in [6.45, 7) is 0. The zero-order valence-corrected chi connectivity index (χ0v) is 8.54. The zero-order valence-electron chi connectivity index (χ0n) is 5.92. The van der Waals surface area contributed by atoms with Crippen LogP contribution in [0.1, 0.15) is 0 Å². The summed E-state index contributed by atoms with van der Waals surface area (Å²) in [5, 5.41) is 44.2. The summed E-state index contributed by atoms with van der Waals surface area (Å²) in [4.78, 5) is 24.8. The van der Waals surface area contributed by atoms with E-state index in [4.69, 9.17) is 46.0 Å². The van der Waals surface area contributed by atoms with E-state index in [1.807, 2.05) is 0 Å². The fourth-order valence-corrected chi connectivity index (χ4v) is 0. The van der Waals surface area contributed by atoms with Crippen molar-refractivity contribution in [2.45, 2.75) is 0 Å². The Hall–Kier alpha value is -1.10. The molecule has 0 saturated heterocycles. The Kier molecular flexibility index (Phi) is 47.4. The molecule has 14 heteroatoms. The van der Waals surface area contributed by atoms with Gasteiger partial charge in [-0.2, -0.15) is 0 Å². The third-order valence-corrected chi connectivity index (χ3v) is 0. The first-order chi connectivity index (χ1) is 5.20. The summed E-state index contributed by atoms with van der Waals surface area (Å²) in [5.41, 5.74) is 0. The monoisotopic (exact) mass is 356 g/mol. The van der Waals surface area contributed by atoms with Gasteiger partial charge >= 0.3 is 40.4 Å². The Bertz CT molecular complexity index is 113. The maximum Gasteiger partial charge on any atom is 3.00 e. The van der Waals surface area contributed by atoms with Gasteiger partial charge in [0.05, 0.1) is 15.3 Å². The van der Waals surface area contributed by atoms with E-state index in [0.29, 0.717) is 0 Å². The molecule has 0 rings (SSSR count). The molecule has 0 atom stereocenters. The van der Waals surface area contributed by atoms with Gasteiger partial charge in [-0.25, -0.2) is 0 Å². The van der Waals surface area contributed by atoms with E-state index in [-0.39, 0.29) is 45.9 Å². The number of nitrogens with zero attached hydrogens (tertiary/aromatic N) is 3. The molecule has 0 aliphatic carbocycles. The van der Waals surface area contributed by atoms with Crippen molar-refractivity contribution in [2.24, 2.45) is 0 Å². The van der Waals surface area contributed by atoms with Crippen LogP contribution >= 0.6 is 0 Å². The minimum Gasteiger partial charge on any atom is -0.412 e. The first-order valence-electron chi connectivity index (χ1n) is 1.64. The Morgan fingerprint density at radius 2 is 0.571 bits per heavy atom. The van der Waals surface area contributed by atoms with Crippen LogP contribution in [-0.4, -0.2) is 20.7 Å². The molecule has 0 heterocycles. The molecule has 14 heavy (non-hydrogen) atoms. The molecule has 2 N–H and O–H groups in total. The molecule has 0 aromatic carbocycles. The van der Waals surface area contributed by atoms with Crippen LogP contribution in [0.3, 0.4) is 0 Å². The molecule has 13 nitrogen and oxygen atoms in total. The second kappa shape index (κ2) is 22.7. The van der Waals surface area contributed by atoms with Crippen LogP contribution in [0.4, 0.5) is 0 Å². The molecule has 0 saturated carbocycles. The van der Waals surface area contributed by atoms with E-state index >= 15 is 0 Å². The maximum absolute atomic E-state index is 8.25. The SMILES string of the molecule is O.O=[N+]([O-])[O-].O=[N+]([O-])[O-].O=[N+]([O-])[O-].[Sm+3]. The van der Waals surface area contributed by atoms with E-state index in [1.54, 1.807) is 0 Å². The molecular formula is H2N3O10Sm. The Balaban J connectivity index is -0.0000000270. The number of hydrogen-bond donors (Lipinski definition) is 0. The molecule has 0 aliphatic heterocycles. The van der Waals surface area contributed by atoms with Gasteiger partial charge in [0.2, 0.25) is 0 Å². The van der Waals surface area contributed by atoms with Crippen LogP contribution in [-0.2, 0) is 0 Å². The van der Waals surface area contributed by atoms with Crippen LogP contribution in [0.2, 0.25) is 0 Å². The Morgan fingerprint density at radius 3 is 0.571 bits per heavy atom. The summed E-state index contributed by atoms with van der Waals surface area (Å²) >= 11 is 0. The Morgan fingerprint density at radius 1 is 0.571 bits per heavy atom. The van der Waals surface area contributed by atoms with Crippen molar-refractivity contribution in [3.63, 3.8) is 0 Å². The summed E-state index contributed by atoms with van der Waals surface area (Å²) < 4.78 is 0. The molecule has 0 spiro atoms. The summed E-state index contributed by atoms with van der Waals surface area (Å²) in [6.07, 6.45) is 0. The molecule has 0 amide bonds. The molecular weight excluding hydrogens is 352 g/mol. The fraction of sp³-hybridized carbons (Fsp3) is 0. The minimum absolute atomic E-state index is 0. The van der Waals surface area contributed by atoms with E-state index in [2.05, 4.69) is 0 Å². The number of hydrogen-bond acceptors (Lipinski definition) is 9. The zero-order chi connectivity index (χ0) is 10.7. The predicted octanol–water partition coefficient (Wildman–Crippen LogP) is -1.54. The molecule has 0 bridgehead atoms. The van der Waals surface area contributed by atoms with Gasteiger partial charge in [-0.1, -0.05) is 0 Å². The average molecular weight is 354 g/mol. The molecule has 0 aromatic heterocycles. The van der Waals surface area contributed by atoms with E-state index < -0.39 is 15.3 Å². The van der Waals surface area contributed by atoms with Crippen molar-refractivity contribution in [2.75, 3.05) is 0 Å². The van der Waals surface area contributed by atoms with Gasteiger partial charge in [0, 0.05) is 0 Å². The van der Waals surface area contributed by atoms with Gasteiger partial charge in [0.25, 0.3) is 0 Å². The second-order valence-corrected chi connectivity index (χ2v) is 0.671. The maximum atomic E-state index is 8.25. The molecule has 0 fully saturated rings. The van der Waals surface area contributed by atoms with E-state index in [9.17, 15) is 0 Å². The quantitative estimate of drug-likeness (QED) is 0.361. The van der Waals surface area contributed by atoms with E-state index in [1.165, 1.54) is 0 Å². The summed E-state index contributed by atoms with van der Waals surface area (Å²) in [5.74, 6) is 0.